The molecule has 4 nitrogen and oxygen atoms in total. The average Bonchev–Trinajstić information content (AvgIpc) is 2.28. The van der Waals surface area contributed by atoms with Crippen LogP contribution in [0, 0.1) is 6.92 Å². The largest absolute Gasteiger partial charge is 0.384 e. The Bertz CT molecular complexity index is 378. The molecule has 90 valence electrons. The molecule has 1 N–H and O–H groups in total. The van der Waals surface area contributed by atoms with Crippen LogP contribution in [-0.2, 0) is 20.2 Å². The van der Waals surface area contributed by atoms with E-state index in [0.717, 1.165) is 11.1 Å². The van der Waals surface area contributed by atoms with Crippen LogP contribution in [0.5, 0.6) is 0 Å². The molecule has 0 aliphatic carbocycles. The number of aliphatic hydroxyl groups is 1. The summed E-state index contributed by atoms with van der Waals surface area (Å²) in [7, 11) is -3.33. The predicted octanol–water partition coefficient (Wildman–Crippen LogP) is 2.69. The number of aliphatic hydroxyl groups excluding tert-OH is 1. The van der Waals surface area contributed by atoms with Gasteiger partial charge in [0.1, 0.15) is 6.35 Å². The fourth-order valence-electron chi connectivity index (χ4n) is 1.26. The van der Waals surface area contributed by atoms with Gasteiger partial charge >= 0.3 is 7.60 Å². The quantitative estimate of drug-likeness (QED) is 0.781. The molecule has 0 aromatic heterocycles. The molecule has 1 unspecified atom stereocenters. The van der Waals surface area contributed by atoms with Crippen molar-refractivity contribution in [1.82, 2.24) is 0 Å². The summed E-state index contributed by atoms with van der Waals surface area (Å²) in [6.07, 6.45) is -0.591. The molecule has 0 heterocycles. The number of aryl methyl sites for hydroxylation is 1. The molecule has 1 aromatic carbocycles. The van der Waals surface area contributed by atoms with Gasteiger partial charge in [0.15, 0.2) is 0 Å². The third kappa shape index (κ3) is 3.72. The normalized spacial score (nSPS) is 14.7. The van der Waals surface area contributed by atoms with Gasteiger partial charge in [-0.1, -0.05) is 24.3 Å². The summed E-state index contributed by atoms with van der Waals surface area (Å²) >= 11 is 0. The lowest BCUT2D eigenvalue weighted by atomic mass is 10.1. The summed E-state index contributed by atoms with van der Waals surface area (Å²) in [4.78, 5) is 0. The number of hydrogen-bond donors (Lipinski definition) is 1. The zero-order chi connectivity index (χ0) is 12.0. The molecule has 5 heteroatoms. The van der Waals surface area contributed by atoms with Gasteiger partial charge < -0.3 is 14.2 Å². The second-order valence-electron chi connectivity index (χ2n) is 3.37. The van der Waals surface area contributed by atoms with Crippen molar-refractivity contribution in [3.63, 3.8) is 0 Å². The first-order valence-electron chi connectivity index (χ1n) is 5.15. The Hall–Kier alpha value is -0.670. The Labute approximate surface area is 95.7 Å². The molecular formula is C11H17O4P. The van der Waals surface area contributed by atoms with Crippen molar-refractivity contribution in [2.75, 3.05) is 13.0 Å². The molecule has 0 saturated carbocycles. The first-order valence-corrected chi connectivity index (χ1v) is 6.87. The molecule has 1 atom stereocenters. The monoisotopic (exact) mass is 244 g/mol. The minimum atomic E-state index is -3.33. The molecule has 1 aromatic rings. The lowest BCUT2D eigenvalue weighted by molar-refractivity contribution is 0.179. The van der Waals surface area contributed by atoms with Gasteiger partial charge in [0.05, 0.1) is 13.2 Å². The molecule has 0 radical (unpaired) electrons. The average molecular weight is 244 g/mol. The Morgan fingerprint density at radius 3 is 2.56 bits per heavy atom. The van der Waals surface area contributed by atoms with Crippen LogP contribution in [0.25, 0.3) is 0 Å². The standard InChI is InChI=1S/C11H17O4P/c1-3-14-16(13,9-12)15-8-11-7-5-4-6-10(11)2/h4-7,12H,3,8-9H2,1-2H3. The van der Waals surface area contributed by atoms with Crippen LogP contribution in [0.1, 0.15) is 18.1 Å². The summed E-state index contributed by atoms with van der Waals surface area (Å²) in [6.45, 7) is 4.10. The Kier molecular flexibility index (Phi) is 5.16. The highest BCUT2D eigenvalue weighted by Crippen LogP contribution is 2.47. The van der Waals surface area contributed by atoms with Gasteiger partial charge in [-0.25, -0.2) is 0 Å². The smallest absolute Gasteiger partial charge is 0.356 e. The molecule has 0 saturated heterocycles. The predicted molar refractivity (Wildman–Crippen MR) is 62.3 cm³/mol. The highest BCUT2D eigenvalue weighted by Gasteiger charge is 2.22. The maximum atomic E-state index is 11.8. The van der Waals surface area contributed by atoms with Gasteiger partial charge in [0.25, 0.3) is 0 Å². The van der Waals surface area contributed by atoms with Gasteiger partial charge in [-0.15, -0.1) is 0 Å². The maximum Gasteiger partial charge on any atom is 0.356 e. The summed E-state index contributed by atoms with van der Waals surface area (Å²) in [5, 5.41) is 8.95. The third-order valence-corrected chi connectivity index (χ3v) is 3.70. The molecule has 0 aliphatic heterocycles. The zero-order valence-corrected chi connectivity index (χ0v) is 10.4. The SMILES string of the molecule is CCOP(=O)(CO)OCc1ccccc1C. The maximum absolute atomic E-state index is 11.8. The van der Waals surface area contributed by atoms with E-state index >= 15 is 0 Å². The Balaban J connectivity index is 2.63. The van der Waals surface area contributed by atoms with Crippen LogP contribution in [0.3, 0.4) is 0 Å². The molecule has 0 aliphatic rings. The van der Waals surface area contributed by atoms with Crippen molar-refractivity contribution in [3.05, 3.63) is 35.4 Å². The van der Waals surface area contributed by atoms with Gasteiger partial charge in [0.2, 0.25) is 0 Å². The van der Waals surface area contributed by atoms with Crippen molar-refractivity contribution in [1.29, 1.82) is 0 Å². The minimum absolute atomic E-state index is 0.185. The molecule has 0 spiro atoms. The molecule has 0 fully saturated rings. The second-order valence-corrected chi connectivity index (χ2v) is 5.39. The number of benzene rings is 1. The van der Waals surface area contributed by atoms with Crippen molar-refractivity contribution in [3.8, 4) is 0 Å². The molecule has 0 amide bonds. The van der Waals surface area contributed by atoms with Crippen molar-refractivity contribution in [2.24, 2.45) is 0 Å². The Morgan fingerprint density at radius 1 is 1.31 bits per heavy atom. The molecule has 1 rings (SSSR count). The van der Waals surface area contributed by atoms with E-state index in [0.29, 0.717) is 0 Å². The molecule has 0 bridgehead atoms. The van der Waals surface area contributed by atoms with E-state index in [4.69, 9.17) is 14.2 Å². The van der Waals surface area contributed by atoms with E-state index in [1.54, 1.807) is 6.92 Å². The van der Waals surface area contributed by atoms with Crippen LogP contribution in [-0.4, -0.2) is 18.1 Å². The summed E-state index contributed by atoms with van der Waals surface area (Å²) in [5.41, 5.74) is 2.00. The van der Waals surface area contributed by atoms with Crippen LogP contribution < -0.4 is 0 Å². The third-order valence-electron chi connectivity index (χ3n) is 2.18. The van der Waals surface area contributed by atoms with Crippen molar-refractivity contribution < 1.29 is 18.7 Å². The first kappa shape index (κ1) is 13.4. The van der Waals surface area contributed by atoms with Crippen molar-refractivity contribution >= 4 is 7.60 Å². The minimum Gasteiger partial charge on any atom is -0.384 e. The second kappa shape index (κ2) is 6.16. The van der Waals surface area contributed by atoms with Crippen LogP contribution in [0.15, 0.2) is 24.3 Å². The highest BCUT2D eigenvalue weighted by molar-refractivity contribution is 7.53. The fourth-order valence-corrected chi connectivity index (χ4v) is 2.22. The summed E-state index contributed by atoms with van der Waals surface area (Å²) < 4.78 is 21.9. The van der Waals surface area contributed by atoms with E-state index in [9.17, 15) is 4.57 Å². The van der Waals surface area contributed by atoms with E-state index < -0.39 is 13.9 Å². The van der Waals surface area contributed by atoms with Crippen LogP contribution in [0.4, 0.5) is 0 Å². The Morgan fingerprint density at radius 2 is 2.00 bits per heavy atom. The topological polar surface area (TPSA) is 55.8 Å². The summed E-state index contributed by atoms with van der Waals surface area (Å²) in [5.74, 6) is 0. The highest BCUT2D eigenvalue weighted by atomic mass is 31.2. The van der Waals surface area contributed by atoms with Gasteiger partial charge in [-0.05, 0) is 25.0 Å². The van der Waals surface area contributed by atoms with E-state index in [2.05, 4.69) is 0 Å². The van der Waals surface area contributed by atoms with E-state index in [1.807, 2.05) is 31.2 Å². The van der Waals surface area contributed by atoms with E-state index in [-0.39, 0.29) is 13.2 Å². The van der Waals surface area contributed by atoms with Crippen molar-refractivity contribution in [2.45, 2.75) is 20.5 Å². The lowest BCUT2D eigenvalue weighted by Gasteiger charge is -2.15. The lowest BCUT2D eigenvalue weighted by Crippen LogP contribution is -2.01. The van der Waals surface area contributed by atoms with E-state index in [1.165, 1.54) is 0 Å². The molecular weight excluding hydrogens is 227 g/mol. The van der Waals surface area contributed by atoms with Crippen LogP contribution in [0.2, 0.25) is 0 Å². The number of rotatable bonds is 6. The zero-order valence-electron chi connectivity index (χ0n) is 9.55. The fraction of sp³-hybridized carbons (Fsp3) is 0.455. The first-order chi connectivity index (χ1) is 7.61. The van der Waals surface area contributed by atoms with Gasteiger partial charge in [0, 0.05) is 0 Å². The number of hydrogen-bond acceptors (Lipinski definition) is 4. The molecule has 16 heavy (non-hydrogen) atoms. The summed E-state index contributed by atoms with van der Waals surface area (Å²) in [6, 6.07) is 7.65. The van der Waals surface area contributed by atoms with Gasteiger partial charge in [-0.2, -0.15) is 0 Å². The van der Waals surface area contributed by atoms with Gasteiger partial charge in [-0.3, -0.25) is 4.57 Å². The van der Waals surface area contributed by atoms with Crippen LogP contribution >= 0.6 is 7.60 Å².